The highest BCUT2D eigenvalue weighted by Crippen LogP contribution is 2.04. The van der Waals surface area contributed by atoms with E-state index in [-0.39, 0.29) is 0 Å². The maximum Gasteiger partial charge on any atom is 0.207 e. The van der Waals surface area contributed by atoms with Crippen LogP contribution in [0.2, 0.25) is 0 Å². The van der Waals surface area contributed by atoms with Crippen LogP contribution >= 0.6 is 0 Å². The molecular weight excluding hydrogens is 224 g/mol. The molecular formula is C15H26N2O. The molecule has 0 aliphatic heterocycles. The van der Waals surface area contributed by atoms with Gasteiger partial charge in [0.15, 0.2) is 0 Å². The molecule has 0 bridgehead atoms. The summed E-state index contributed by atoms with van der Waals surface area (Å²) in [5.74, 6) is 0. The van der Waals surface area contributed by atoms with Gasteiger partial charge in [-0.25, -0.2) is 0 Å². The summed E-state index contributed by atoms with van der Waals surface area (Å²) in [7, 11) is 2.07. The van der Waals surface area contributed by atoms with Crippen molar-refractivity contribution >= 4 is 6.41 Å². The van der Waals surface area contributed by atoms with Crippen LogP contribution in [0.1, 0.15) is 25.0 Å². The monoisotopic (exact) mass is 250 g/mol. The van der Waals surface area contributed by atoms with Crippen molar-refractivity contribution in [2.45, 2.75) is 27.2 Å². The standard InChI is InChI=1S/C13H20N2O.C2H6/c1-12-4-3-5-13(10-12)6-8-15(2)9-7-14-11-16;1-2/h3-5,10-11H,6-9H2,1-2H3,(H,14,16);1-2H3. The third-order valence-electron chi connectivity index (χ3n) is 2.59. The largest absolute Gasteiger partial charge is 0.357 e. The zero-order chi connectivity index (χ0) is 13.8. The van der Waals surface area contributed by atoms with Gasteiger partial charge in [-0.15, -0.1) is 0 Å². The summed E-state index contributed by atoms with van der Waals surface area (Å²) in [5, 5.41) is 2.66. The summed E-state index contributed by atoms with van der Waals surface area (Å²) < 4.78 is 0. The van der Waals surface area contributed by atoms with Crippen molar-refractivity contribution in [2.24, 2.45) is 0 Å². The van der Waals surface area contributed by atoms with E-state index in [0.717, 1.165) is 25.9 Å². The van der Waals surface area contributed by atoms with Crippen molar-refractivity contribution in [2.75, 3.05) is 26.7 Å². The Labute approximate surface area is 111 Å². The fraction of sp³-hybridized carbons (Fsp3) is 0.533. The number of nitrogens with zero attached hydrogens (tertiary/aromatic N) is 1. The fourth-order valence-electron chi connectivity index (χ4n) is 1.61. The van der Waals surface area contributed by atoms with Crippen LogP contribution in [0.25, 0.3) is 0 Å². The first-order valence-electron chi connectivity index (χ1n) is 6.63. The van der Waals surface area contributed by atoms with Gasteiger partial charge in [0.1, 0.15) is 0 Å². The summed E-state index contributed by atoms with van der Waals surface area (Å²) >= 11 is 0. The van der Waals surface area contributed by atoms with E-state index in [1.54, 1.807) is 0 Å². The molecule has 1 aromatic rings. The van der Waals surface area contributed by atoms with E-state index >= 15 is 0 Å². The molecule has 3 heteroatoms. The topological polar surface area (TPSA) is 32.3 Å². The second kappa shape index (κ2) is 10.8. The molecule has 0 heterocycles. The van der Waals surface area contributed by atoms with Crippen LogP contribution in [0.4, 0.5) is 0 Å². The summed E-state index contributed by atoms with van der Waals surface area (Å²) in [4.78, 5) is 12.3. The minimum Gasteiger partial charge on any atom is -0.357 e. The summed E-state index contributed by atoms with van der Waals surface area (Å²) in [5.41, 5.74) is 2.68. The highest BCUT2D eigenvalue weighted by atomic mass is 16.1. The van der Waals surface area contributed by atoms with Gasteiger partial charge in [-0.05, 0) is 26.0 Å². The van der Waals surface area contributed by atoms with Gasteiger partial charge in [0.25, 0.3) is 0 Å². The third-order valence-corrected chi connectivity index (χ3v) is 2.59. The lowest BCUT2D eigenvalue weighted by atomic mass is 10.1. The number of carbonyl (C=O) groups excluding carboxylic acids is 1. The average Bonchev–Trinajstić information content (AvgIpc) is 2.39. The molecule has 0 fully saturated rings. The van der Waals surface area contributed by atoms with Gasteiger partial charge in [-0.1, -0.05) is 43.7 Å². The van der Waals surface area contributed by atoms with Gasteiger partial charge in [0, 0.05) is 19.6 Å². The number of hydrogen-bond acceptors (Lipinski definition) is 2. The lowest BCUT2D eigenvalue weighted by Gasteiger charge is -2.16. The Hall–Kier alpha value is -1.35. The van der Waals surface area contributed by atoms with Crippen LogP contribution in [0.3, 0.4) is 0 Å². The van der Waals surface area contributed by atoms with Crippen molar-refractivity contribution in [1.29, 1.82) is 0 Å². The summed E-state index contributed by atoms with van der Waals surface area (Å²) in [6.07, 6.45) is 1.80. The Morgan fingerprint density at radius 3 is 2.61 bits per heavy atom. The molecule has 0 aromatic heterocycles. The number of aryl methyl sites for hydroxylation is 1. The highest BCUT2D eigenvalue weighted by Gasteiger charge is 1.99. The molecule has 1 rings (SSSR count). The van der Waals surface area contributed by atoms with Gasteiger partial charge in [-0.3, -0.25) is 4.79 Å². The molecule has 1 aromatic carbocycles. The van der Waals surface area contributed by atoms with Crippen LogP contribution in [-0.2, 0) is 11.2 Å². The molecule has 0 saturated carbocycles. The van der Waals surface area contributed by atoms with Gasteiger partial charge < -0.3 is 10.2 Å². The molecule has 1 amide bonds. The number of amides is 1. The van der Waals surface area contributed by atoms with E-state index in [2.05, 4.69) is 48.5 Å². The lowest BCUT2D eigenvalue weighted by molar-refractivity contribution is -0.109. The van der Waals surface area contributed by atoms with Gasteiger partial charge in [-0.2, -0.15) is 0 Å². The van der Waals surface area contributed by atoms with Crippen LogP contribution in [-0.4, -0.2) is 38.0 Å². The van der Waals surface area contributed by atoms with E-state index < -0.39 is 0 Å². The van der Waals surface area contributed by atoms with Crippen molar-refractivity contribution in [3.63, 3.8) is 0 Å². The first-order chi connectivity index (χ1) is 8.72. The van der Waals surface area contributed by atoms with Crippen molar-refractivity contribution < 1.29 is 4.79 Å². The number of nitrogens with one attached hydrogen (secondary N) is 1. The number of likely N-dealkylation sites (N-methyl/N-ethyl adjacent to an activating group) is 1. The Balaban J connectivity index is 0.00000137. The maximum absolute atomic E-state index is 10.1. The van der Waals surface area contributed by atoms with E-state index in [4.69, 9.17) is 0 Å². The quantitative estimate of drug-likeness (QED) is 0.594. The molecule has 0 aliphatic rings. The molecule has 18 heavy (non-hydrogen) atoms. The van der Waals surface area contributed by atoms with Crippen LogP contribution in [0, 0.1) is 6.92 Å². The van der Waals surface area contributed by atoms with Crippen molar-refractivity contribution in [1.82, 2.24) is 10.2 Å². The second-order valence-electron chi connectivity index (χ2n) is 4.11. The minimum atomic E-state index is 0.716. The first kappa shape index (κ1) is 16.6. The predicted octanol–water partition coefficient (Wildman–Crippen LogP) is 2.24. The van der Waals surface area contributed by atoms with Gasteiger partial charge in [0.05, 0.1) is 0 Å². The Kier molecular flexibility index (Phi) is 9.97. The van der Waals surface area contributed by atoms with Crippen LogP contribution in [0.15, 0.2) is 24.3 Å². The third kappa shape index (κ3) is 7.85. The Bertz CT molecular complexity index is 326. The van der Waals surface area contributed by atoms with Crippen LogP contribution < -0.4 is 5.32 Å². The van der Waals surface area contributed by atoms with E-state index in [1.807, 2.05) is 13.8 Å². The van der Waals surface area contributed by atoms with E-state index in [1.165, 1.54) is 11.1 Å². The van der Waals surface area contributed by atoms with E-state index in [0.29, 0.717) is 6.54 Å². The Morgan fingerprint density at radius 2 is 2.00 bits per heavy atom. The predicted molar refractivity (Wildman–Crippen MR) is 77.8 cm³/mol. The van der Waals surface area contributed by atoms with Crippen LogP contribution in [0.5, 0.6) is 0 Å². The maximum atomic E-state index is 10.1. The zero-order valence-corrected chi connectivity index (χ0v) is 12.1. The molecule has 0 radical (unpaired) electrons. The smallest absolute Gasteiger partial charge is 0.207 e. The first-order valence-corrected chi connectivity index (χ1v) is 6.63. The van der Waals surface area contributed by atoms with Gasteiger partial charge >= 0.3 is 0 Å². The molecule has 1 N–H and O–H groups in total. The normalized spacial score (nSPS) is 9.61. The lowest BCUT2D eigenvalue weighted by Crippen LogP contribution is -2.30. The fourth-order valence-corrected chi connectivity index (χ4v) is 1.61. The number of rotatable bonds is 7. The molecule has 0 aliphatic carbocycles. The second-order valence-corrected chi connectivity index (χ2v) is 4.11. The molecule has 0 unspecified atom stereocenters. The van der Waals surface area contributed by atoms with Crippen molar-refractivity contribution in [3.05, 3.63) is 35.4 Å². The molecule has 0 spiro atoms. The average molecular weight is 250 g/mol. The Morgan fingerprint density at radius 1 is 1.28 bits per heavy atom. The van der Waals surface area contributed by atoms with Gasteiger partial charge in [0.2, 0.25) is 6.41 Å². The molecule has 3 nitrogen and oxygen atoms in total. The zero-order valence-electron chi connectivity index (χ0n) is 12.1. The minimum absolute atomic E-state index is 0.716. The highest BCUT2D eigenvalue weighted by molar-refractivity contribution is 5.45. The van der Waals surface area contributed by atoms with Crippen molar-refractivity contribution in [3.8, 4) is 0 Å². The molecule has 0 saturated heterocycles. The van der Waals surface area contributed by atoms with E-state index in [9.17, 15) is 4.79 Å². The number of hydrogen-bond donors (Lipinski definition) is 1. The summed E-state index contributed by atoms with van der Waals surface area (Å²) in [6.45, 7) is 8.74. The number of carbonyl (C=O) groups is 1. The number of benzene rings is 1. The molecule has 102 valence electrons. The molecule has 0 atom stereocenters. The SMILES string of the molecule is CC.Cc1cccc(CCN(C)CCNC=O)c1. The summed E-state index contributed by atoms with van der Waals surface area (Å²) in [6, 6.07) is 8.59.